The van der Waals surface area contributed by atoms with Crippen LogP contribution < -0.4 is 10.6 Å². The van der Waals surface area contributed by atoms with Crippen molar-refractivity contribution in [2.75, 3.05) is 18.0 Å². The number of nitrogens with two attached hydrogens (primary N) is 1. The van der Waals surface area contributed by atoms with Gasteiger partial charge in [0.15, 0.2) is 0 Å². The Hall–Kier alpha value is -2.21. The van der Waals surface area contributed by atoms with E-state index in [1.54, 1.807) is 12.5 Å². The smallest absolute Gasteiger partial charge is 0.140 e. The van der Waals surface area contributed by atoms with Crippen LogP contribution in [-0.4, -0.2) is 39.1 Å². The zero-order chi connectivity index (χ0) is 12.8. The molecule has 0 radical (unpaired) electrons. The zero-order valence-corrected chi connectivity index (χ0v) is 10.4. The lowest BCUT2D eigenvalue weighted by atomic mass is 10.2. The lowest BCUT2D eigenvalue weighted by Gasteiger charge is -2.18. The first-order valence-electron chi connectivity index (χ1n) is 6.40. The molecule has 0 spiro atoms. The molecule has 1 saturated heterocycles. The Balaban J connectivity index is 2.01. The van der Waals surface area contributed by atoms with Crippen molar-refractivity contribution in [2.24, 2.45) is 5.73 Å². The van der Waals surface area contributed by atoms with Crippen LogP contribution in [0.3, 0.4) is 0 Å². The van der Waals surface area contributed by atoms with E-state index in [9.17, 15) is 0 Å². The van der Waals surface area contributed by atoms with Crippen LogP contribution in [0.4, 0.5) is 5.82 Å². The van der Waals surface area contributed by atoms with Gasteiger partial charge in [-0.25, -0.2) is 15.0 Å². The van der Waals surface area contributed by atoms with Gasteiger partial charge in [0.1, 0.15) is 17.8 Å². The number of hydrogen-bond donors (Lipinski definition) is 2. The lowest BCUT2D eigenvalue weighted by molar-refractivity contribution is 0.751. The maximum atomic E-state index is 6.00. The van der Waals surface area contributed by atoms with E-state index in [2.05, 4.69) is 24.8 Å². The van der Waals surface area contributed by atoms with Gasteiger partial charge >= 0.3 is 0 Å². The molecule has 1 unspecified atom stereocenters. The molecule has 4 rings (SSSR count). The summed E-state index contributed by atoms with van der Waals surface area (Å²) in [6.07, 6.45) is 6.29. The fourth-order valence-electron chi connectivity index (χ4n) is 2.76. The molecular formula is C13H14N6. The second-order valence-electron chi connectivity index (χ2n) is 4.95. The maximum Gasteiger partial charge on any atom is 0.140 e. The Morgan fingerprint density at radius 3 is 3.11 bits per heavy atom. The van der Waals surface area contributed by atoms with Gasteiger partial charge in [-0.15, -0.1) is 0 Å². The van der Waals surface area contributed by atoms with Gasteiger partial charge < -0.3 is 15.6 Å². The van der Waals surface area contributed by atoms with Crippen molar-refractivity contribution in [3.05, 3.63) is 24.8 Å². The summed E-state index contributed by atoms with van der Waals surface area (Å²) in [5.41, 5.74) is 7.74. The molecule has 3 aromatic rings. The summed E-state index contributed by atoms with van der Waals surface area (Å²) in [6.45, 7) is 1.79. The topological polar surface area (TPSA) is 83.7 Å². The molecule has 3 N–H and O–H groups in total. The summed E-state index contributed by atoms with van der Waals surface area (Å²) in [7, 11) is 0. The maximum absolute atomic E-state index is 6.00. The van der Waals surface area contributed by atoms with E-state index >= 15 is 0 Å². The summed E-state index contributed by atoms with van der Waals surface area (Å²) < 4.78 is 0. The van der Waals surface area contributed by atoms with E-state index in [-0.39, 0.29) is 6.04 Å². The van der Waals surface area contributed by atoms with Gasteiger partial charge in [0.2, 0.25) is 0 Å². The number of pyridine rings is 1. The lowest BCUT2D eigenvalue weighted by Crippen LogP contribution is -2.27. The minimum Gasteiger partial charge on any atom is -0.354 e. The molecule has 0 amide bonds. The molecule has 6 nitrogen and oxygen atoms in total. The van der Waals surface area contributed by atoms with Crippen molar-refractivity contribution in [1.82, 2.24) is 19.9 Å². The molecule has 3 aromatic heterocycles. The van der Waals surface area contributed by atoms with Crippen molar-refractivity contribution in [3.63, 3.8) is 0 Å². The van der Waals surface area contributed by atoms with Crippen LogP contribution in [0.15, 0.2) is 24.8 Å². The van der Waals surface area contributed by atoms with Crippen molar-refractivity contribution in [3.8, 4) is 0 Å². The summed E-state index contributed by atoms with van der Waals surface area (Å²) >= 11 is 0. The molecule has 1 fully saturated rings. The van der Waals surface area contributed by atoms with Gasteiger partial charge in [-0.05, 0) is 12.5 Å². The van der Waals surface area contributed by atoms with Crippen LogP contribution in [0.25, 0.3) is 21.9 Å². The molecule has 0 aliphatic carbocycles. The molecule has 96 valence electrons. The molecule has 19 heavy (non-hydrogen) atoms. The molecule has 0 bridgehead atoms. The highest BCUT2D eigenvalue weighted by Crippen LogP contribution is 2.30. The first kappa shape index (κ1) is 10.7. The Morgan fingerprint density at radius 1 is 1.32 bits per heavy atom. The standard InChI is InChI=1S/C13H14N6/c14-8-2-4-19(6-8)13-11-9-1-3-15-12(9)16-5-10(11)17-7-18-13/h1,3,5,7-8H,2,4,6,14H2,(H,15,16). The average Bonchev–Trinajstić information content (AvgIpc) is 3.06. The normalized spacial score (nSPS) is 19.6. The fraction of sp³-hybridized carbons (Fsp3) is 0.308. The summed E-state index contributed by atoms with van der Waals surface area (Å²) in [5, 5.41) is 2.12. The van der Waals surface area contributed by atoms with Crippen LogP contribution in [0.2, 0.25) is 0 Å². The largest absolute Gasteiger partial charge is 0.354 e. The Kier molecular flexibility index (Phi) is 2.19. The van der Waals surface area contributed by atoms with Crippen molar-refractivity contribution >= 4 is 27.8 Å². The van der Waals surface area contributed by atoms with Gasteiger partial charge in [-0.3, -0.25) is 0 Å². The second kappa shape index (κ2) is 3.89. The molecule has 1 aliphatic heterocycles. The van der Waals surface area contributed by atoms with Crippen molar-refractivity contribution in [2.45, 2.75) is 12.5 Å². The van der Waals surface area contributed by atoms with Crippen LogP contribution >= 0.6 is 0 Å². The number of aromatic nitrogens is 4. The van der Waals surface area contributed by atoms with E-state index in [0.29, 0.717) is 0 Å². The molecule has 0 aromatic carbocycles. The summed E-state index contributed by atoms with van der Waals surface area (Å²) in [6, 6.07) is 2.25. The monoisotopic (exact) mass is 254 g/mol. The minimum absolute atomic E-state index is 0.230. The SMILES string of the molecule is NC1CCN(c2ncnc3cnc4[nH]ccc4c23)C1. The number of H-pyrrole nitrogens is 1. The molecular weight excluding hydrogens is 240 g/mol. The van der Waals surface area contributed by atoms with E-state index < -0.39 is 0 Å². The Bertz CT molecular complexity index is 749. The number of nitrogens with one attached hydrogen (secondary N) is 1. The third kappa shape index (κ3) is 1.57. The average molecular weight is 254 g/mol. The van der Waals surface area contributed by atoms with Crippen molar-refractivity contribution < 1.29 is 0 Å². The number of fused-ring (bicyclic) bond motifs is 3. The molecule has 4 heterocycles. The van der Waals surface area contributed by atoms with Crippen molar-refractivity contribution in [1.29, 1.82) is 0 Å². The van der Waals surface area contributed by atoms with Crippen LogP contribution in [0.1, 0.15) is 6.42 Å². The number of anilines is 1. The van der Waals surface area contributed by atoms with E-state index in [1.807, 2.05) is 12.3 Å². The van der Waals surface area contributed by atoms with E-state index in [1.165, 1.54) is 0 Å². The third-order valence-corrected chi connectivity index (χ3v) is 3.69. The highest BCUT2D eigenvalue weighted by atomic mass is 15.2. The number of hydrogen-bond acceptors (Lipinski definition) is 5. The number of nitrogens with zero attached hydrogens (tertiary/aromatic N) is 4. The Morgan fingerprint density at radius 2 is 2.26 bits per heavy atom. The highest BCUT2D eigenvalue weighted by molar-refractivity contribution is 6.08. The molecule has 0 saturated carbocycles. The quantitative estimate of drug-likeness (QED) is 0.678. The van der Waals surface area contributed by atoms with Gasteiger partial charge in [-0.1, -0.05) is 0 Å². The number of rotatable bonds is 1. The second-order valence-corrected chi connectivity index (χ2v) is 4.95. The fourth-order valence-corrected chi connectivity index (χ4v) is 2.76. The highest BCUT2D eigenvalue weighted by Gasteiger charge is 2.23. The van der Waals surface area contributed by atoms with Gasteiger partial charge in [0.25, 0.3) is 0 Å². The van der Waals surface area contributed by atoms with Gasteiger partial charge in [0.05, 0.1) is 17.1 Å². The summed E-state index contributed by atoms with van der Waals surface area (Å²) in [4.78, 5) is 18.5. The molecule has 1 aliphatic rings. The van der Waals surface area contributed by atoms with E-state index in [0.717, 1.165) is 47.3 Å². The van der Waals surface area contributed by atoms with Crippen LogP contribution in [-0.2, 0) is 0 Å². The Labute approximate surface area is 109 Å². The van der Waals surface area contributed by atoms with Gasteiger partial charge in [-0.2, -0.15) is 0 Å². The third-order valence-electron chi connectivity index (χ3n) is 3.69. The van der Waals surface area contributed by atoms with Crippen LogP contribution in [0, 0.1) is 0 Å². The number of aromatic amines is 1. The predicted molar refractivity (Wildman–Crippen MR) is 74.0 cm³/mol. The first-order valence-corrected chi connectivity index (χ1v) is 6.40. The minimum atomic E-state index is 0.230. The van der Waals surface area contributed by atoms with Gasteiger partial charge in [0, 0.05) is 30.7 Å². The first-order chi connectivity index (χ1) is 9.33. The molecule has 1 atom stereocenters. The van der Waals surface area contributed by atoms with E-state index in [4.69, 9.17) is 5.73 Å². The predicted octanol–water partition coefficient (Wildman–Crippen LogP) is 1.04. The summed E-state index contributed by atoms with van der Waals surface area (Å²) in [5.74, 6) is 0.963. The van der Waals surface area contributed by atoms with Crippen LogP contribution in [0.5, 0.6) is 0 Å². The zero-order valence-electron chi connectivity index (χ0n) is 10.4. The molecule has 6 heteroatoms.